The molecule has 0 saturated heterocycles. The number of rotatable bonds is 4. The summed E-state index contributed by atoms with van der Waals surface area (Å²) >= 11 is 0. The number of aromatic nitrogens is 2. The highest BCUT2D eigenvalue weighted by atomic mass is 19.1. The van der Waals surface area contributed by atoms with Gasteiger partial charge < -0.3 is 10.2 Å². The molecule has 1 heterocycles. The number of nitrogen functional groups attached to an aromatic ring is 1. The van der Waals surface area contributed by atoms with Crippen LogP contribution in [0.15, 0.2) is 30.3 Å². The minimum atomic E-state index is -0.555. The van der Waals surface area contributed by atoms with Gasteiger partial charge in [-0.3, -0.25) is 0 Å². The highest BCUT2D eigenvalue weighted by Crippen LogP contribution is 2.14. The van der Waals surface area contributed by atoms with Crippen molar-refractivity contribution in [1.29, 1.82) is 0 Å². The predicted octanol–water partition coefficient (Wildman–Crippen LogP) is 1.79. The summed E-state index contributed by atoms with van der Waals surface area (Å²) < 4.78 is 18.9. The molecule has 3 N–H and O–H groups in total. The van der Waals surface area contributed by atoms with Crippen molar-refractivity contribution in [3.8, 4) is 5.75 Å². The molecule has 0 spiro atoms. The maximum Gasteiger partial charge on any atom is 0.187 e. The summed E-state index contributed by atoms with van der Waals surface area (Å²) in [4.78, 5) is 7.91. The molecule has 0 bridgehead atoms. The fourth-order valence-electron chi connectivity index (χ4n) is 1.44. The predicted molar refractivity (Wildman–Crippen MR) is 65.3 cm³/mol. The fraction of sp³-hybridized carbons (Fsp3) is 0.167. The second-order valence-corrected chi connectivity index (χ2v) is 3.63. The summed E-state index contributed by atoms with van der Waals surface area (Å²) in [6.45, 7) is 1.70. The average Bonchev–Trinajstić information content (AvgIpc) is 2.41. The van der Waals surface area contributed by atoms with E-state index >= 15 is 0 Å². The van der Waals surface area contributed by atoms with Crippen LogP contribution in [0.25, 0.3) is 0 Å². The lowest BCUT2D eigenvalue weighted by atomic mass is 10.3. The number of halogens is 1. The number of hydrogen-bond donors (Lipinski definition) is 2. The zero-order valence-corrected chi connectivity index (χ0v) is 9.85. The molecular weight excluding hydrogens is 235 g/mol. The molecule has 0 saturated carbocycles. The lowest BCUT2D eigenvalue weighted by Crippen LogP contribution is -2.14. The Kier molecular flexibility index (Phi) is 3.69. The average molecular weight is 248 g/mol. The number of nitrogens with zero attached hydrogens (tertiary/aromatic N) is 2. The summed E-state index contributed by atoms with van der Waals surface area (Å²) in [5.74, 6) is 5.65. The SMILES string of the molecule is Cc1nc(COc2ccccc2)nc(NN)c1F. The first-order valence-corrected chi connectivity index (χ1v) is 5.38. The first-order valence-electron chi connectivity index (χ1n) is 5.38. The van der Waals surface area contributed by atoms with Crippen LogP contribution in [0.5, 0.6) is 5.75 Å². The van der Waals surface area contributed by atoms with E-state index in [1.165, 1.54) is 0 Å². The number of aryl methyl sites for hydroxylation is 1. The number of anilines is 1. The minimum Gasteiger partial charge on any atom is -0.486 e. The van der Waals surface area contributed by atoms with Crippen molar-refractivity contribution in [2.75, 3.05) is 5.43 Å². The van der Waals surface area contributed by atoms with Crippen molar-refractivity contribution in [3.63, 3.8) is 0 Å². The van der Waals surface area contributed by atoms with E-state index in [1.54, 1.807) is 6.92 Å². The summed E-state index contributed by atoms with van der Waals surface area (Å²) in [7, 11) is 0. The van der Waals surface area contributed by atoms with Gasteiger partial charge in [0.15, 0.2) is 17.5 Å². The van der Waals surface area contributed by atoms with Crippen LogP contribution >= 0.6 is 0 Å². The first-order chi connectivity index (χ1) is 8.70. The van der Waals surface area contributed by atoms with Crippen LogP contribution in [0.1, 0.15) is 11.5 Å². The fourth-order valence-corrected chi connectivity index (χ4v) is 1.44. The largest absolute Gasteiger partial charge is 0.486 e. The van der Waals surface area contributed by atoms with Gasteiger partial charge in [-0.05, 0) is 19.1 Å². The molecule has 94 valence electrons. The molecule has 0 unspecified atom stereocenters. The van der Waals surface area contributed by atoms with E-state index in [1.807, 2.05) is 30.3 Å². The van der Waals surface area contributed by atoms with Crippen molar-refractivity contribution < 1.29 is 9.13 Å². The van der Waals surface area contributed by atoms with Gasteiger partial charge in [-0.1, -0.05) is 18.2 Å². The van der Waals surface area contributed by atoms with Gasteiger partial charge in [0, 0.05) is 0 Å². The summed E-state index contributed by atoms with van der Waals surface area (Å²) in [6, 6.07) is 9.25. The number of hydrazine groups is 1. The molecule has 0 aliphatic carbocycles. The molecule has 6 heteroatoms. The van der Waals surface area contributed by atoms with Crippen LogP contribution in [0.2, 0.25) is 0 Å². The molecule has 1 aromatic carbocycles. The molecule has 2 rings (SSSR count). The lowest BCUT2D eigenvalue weighted by molar-refractivity contribution is 0.295. The van der Waals surface area contributed by atoms with Gasteiger partial charge in [0.25, 0.3) is 0 Å². The van der Waals surface area contributed by atoms with E-state index in [0.717, 1.165) is 0 Å². The Balaban J connectivity index is 2.13. The van der Waals surface area contributed by atoms with Gasteiger partial charge in [0.2, 0.25) is 0 Å². The Morgan fingerprint density at radius 1 is 1.28 bits per heavy atom. The standard InChI is InChI=1S/C12H13FN4O/c1-8-11(13)12(17-14)16-10(15-8)7-18-9-5-3-2-4-6-9/h2-6H,7,14H2,1H3,(H,15,16,17). The van der Waals surface area contributed by atoms with Crippen LogP contribution in [0.3, 0.4) is 0 Å². The van der Waals surface area contributed by atoms with Gasteiger partial charge in [-0.25, -0.2) is 20.2 Å². The van der Waals surface area contributed by atoms with Crippen LogP contribution < -0.4 is 16.0 Å². The monoisotopic (exact) mass is 248 g/mol. The van der Waals surface area contributed by atoms with E-state index in [9.17, 15) is 4.39 Å². The van der Waals surface area contributed by atoms with E-state index in [-0.39, 0.29) is 18.1 Å². The van der Waals surface area contributed by atoms with Crippen LogP contribution in [0.4, 0.5) is 10.2 Å². The zero-order valence-electron chi connectivity index (χ0n) is 9.85. The van der Waals surface area contributed by atoms with E-state index in [0.29, 0.717) is 11.6 Å². The van der Waals surface area contributed by atoms with Crippen LogP contribution in [-0.4, -0.2) is 9.97 Å². The van der Waals surface area contributed by atoms with Crippen molar-refractivity contribution in [1.82, 2.24) is 9.97 Å². The molecule has 18 heavy (non-hydrogen) atoms. The van der Waals surface area contributed by atoms with Gasteiger partial charge in [-0.15, -0.1) is 0 Å². The van der Waals surface area contributed by atoms with Gasteiger partial charge in [-0.2, -0.15) is 0 Å². The normalized spacial score (nSPS) is 10.2. The molecule has 0 fully saturated rings. The van der Waals surface area contributed by atoms with E-state index in [4.69, 9.17) is 10.6 Å². The van der Waals surface area contributed by atoms with Gasteiger partial charge in [0.1, 0.15) is 12.4 Å². The molecule has 0 radical (unpaired) electrons. The molecule has 0 aliphatic rings. The Morgan fingerprint density at radius 3 is 2.67 bits per heavy atom. The lowest BCUT2D eigenvalue weighted by Gasteiger charge is -2.08. The number of ether oxygens (including phenoxy) is 1. The first kappa shape index (κ1) is 12.3. The summed E-state index contributed by atoms with van der Waals surface area (Å²) in [6.07, 6.45) is 0. The molecule has 0 atom stereocenters. The van der Waals surface area contributed by atoms with E-state index in [2.05, 4.69) is 15.4 Å². The number of hydrogen-bond acceptors (Lipinski definition) is 5. The molecule has 0 amide bonds. The number of nitrogens with two attached hydrogens (primary N) is 1. The number of nitrogens with one attached hydrogen (secondary N) is 1. The van der Waals surface area contributed by atoms with Crippen molar-refractivity contribution in [2.24, 2.45) is 5.84 Å². The van der Waals surface area contributed by atoms with Crippen LogP contribution in [0, 0.1) is 12.7 Å². The Labute approximate surface area is 104 Å². The molecule has 2 aromatic rings. The zero-order chi connectivity index (χ0) is 13.0. The second kappa shape index (κ2) is 5.42. The minimum absolute atomic E-state index is 0.0332. The second-order valence-electron chi connectivity index (χ2n) is 3.63. The van der Waals surface area contributed by atoms with Crippen molar-refractivity contribution in [3.05, 3.63) is 47.7 Å². The quantitative estimate of drug-likeness (QED) is 0.637. The summed E-state index contributed by atoms with van der Waals surface area (Å²) in [5, 5.41) is 0. The maximum absolute atomic E-state index is 13.4. The molecule has 0 aliphatic heterocycles. The Hall–Kier alpha value is -2.21. The van der Waals surface area contributed by atoms with E-state index < -0.39 is 5.82 Å². The third kappa shape index (κ3) is 2.72. The Bertz CT molecular complexity index is 533. The van der Waals surface area contributed by atoms with Crippen molar-refractivity contribution in [2.45, 2.75) is 13.5 Å². The molecule has 5 nitrogen and oxygen atoms in total. The maximum atomic E-state index is 13.4. The Morgan fingerprint density at radius 2 is 2.00 bits per heavy atom. The third-order valence-corrected chi connectivity index (χ3v) is 2.31. The summed E-state index contributed by atoms with van der Waals surface area (Å²) in [5.41, 5.74) is 2.42. The highest BCUT2D eigenvalue weighted by molar-refractivity contribution is 5.36. The van der Waals surface area contributed by atoms with Crippen LogP contribution in [-0.2, 0) is 6.61 Å². The van der Waals surface area contributed by atoms with Crippen molar-refractivity contribution >= 4 is 5.82 Å². The molecular formula is C12H13FN4O. The topological polar surface area (TPSA) is 73.1 Å². The number of benzene rings is 1. The third-order valence-electron chi connectivity index (χ3n) is 2.31. The smallest absolute Gasteiger partial charge is 0.187 e. The molecule has 1 aromatic heterocycles. The number of para-hydroxylation sites is 1. The highest BCUT2D eigenvalue weighted by Gasteiger charge is 2.10. The van der Waals surface area contributed by atoms with Gasteiger partial charge in [0.05, 0.1) is 5.69 Å². The van der Waals surface area contributed by atoms with Gasteiger partial charge >= 0.3 is 0 Å².